The summed E-state index contributed by atoms with van der Waals surface area (Å²) in [5, 5.41) is 3.42. The number of nitrogens with one attached hydrogen (secondary N) is 1. The van der Waals surface area contributed by atoms with Gasteiger partial charge < -0.3 is 19.2 Å². The lowest BCUT2D eigenvalue weighted by Crippen LogP contribution is -2.12. The summed E-state index contributed by atoms with van der Waals surface area (Å²) in [4.78, 5) is 0. The van der Waals surface area contributed by atoms with Gasteiger partial charge in [0.25, 0.3) is 0 Å². The number of rotatable bonds is 5. The third-order valence-electron chi connectivity index (χ3n) is 3.83. The second kappa shape index (κ2) is 6.18. The molecule has 0 spiro atoms. The van der Waals surface area contributed by atoms with Crippen molar-refractivity contribution in [3.8, 4) is 22.8 Å². The molecule has 1 aliphatic heterocycles. The lowest BCUT2D eigenvalue weighted by atomic mass is 10.1. The summed E-state index contributed by atoms with van der Waals surface area (Å²) in [6.45, 7) is 1.76. The zero-order valence-electron chi connectivity index (χ0n) is 12.6. The lowest BCUT2D eigenvalue weighted by molar-refractivity contribution is 0.173. The Morgan fingerprint density at radius 3 is 2.74 bits per heavy atom. The van der Waals surface area contributed by atoms with Gasteiger partial charge in [0, 0.05) is 29.8 Å². The van der Waals surface area contributed by atoms with E-state index in [0.717, 1.165) is 47.0 Å². The minimum Gasteiger partial charge on any atom is -0.464 e. The molecule has 0 radical (unpaired) electrons. The van der Waals surface area contributed by atoms with Crippen LogP contribution in [0.15, 0.2) is 65.3 Å². The van der Waals surface area contributed by atoms with E-state index in [9.17, 15) is 0 Å². The quantitative estimate of drug-likeness (QED) is 0.774. The highest BCUT2D eigenvalue weighted by Crippen LogP contribution is 2.35. The average molecular weight is 307 g/mol. The summed E-state index contributed by atoms with van der Waals surface area (Å²) in [6.07, 6.45) is 1.80. The molecule has 0 saturated heterocycles. The first-order valence-corrected chi connectivity index (χ1v) is 7.61. The van der Waals surface area contributed by atoms with E-state index in [1.54, 1.807) is 6.26 Å². The molecule has 1 N–H and O–H groups in total. The molecule has 2 heterocycles. The van der Waals surface area contributed by atoms with E-state index in [-0.39, 0.29) is 0 Å². The maximum atomic E-state index is 5.64. The Morgan fingerprint density at radius 2 is 1.83 bits per heavy atom. The van der Waals surface area contributed by atoms with Gasteiger partial charge in [0.1, 0.15) is 5.76 Å². The first kappa shape index (κ1) is 13.9. The highest BCUT2D eigenvalue weighted by molar-refractivity contribution is 5.57. The van der Waals surface area contributed by atoms with Crippen LogP contribution < -0.4 is 14.8 Å². The molecular formula is C19H17NO3. The van der Waals surface area contributed by atoms with Crippen LogP contribution in [0.1, 0.15) is 11.1 Å². The summed E-state index contributed by atoms with van der Waals surface area (Å²) in [6, 6.07) is 18.1. The number of hydrogen-bond donors (Lipinski definition) is 1. The van der Waals surface area contributed by atoms with E-state index in [4.69, 9.17) is 13.9 Å². The summed E-state index contributed by atoms with van der Waals surface area (Å²) in [5.41, 5.74) is 3.31. The number of benzene rings is 2. The molecule has 0 bridgehead atoms. The predicted octanol–water partition coefficient (Wildman–Crippen LogP) is 3.97. The second-order valence-electron chi connectivity index (χ2n) is 5.44. The Labute approximate surface area is 134 Å². The van der Waals surface area contributed by atoms with Gasteiger partial charge in [-0.15, -0.1) is 0 Å². The molecule has 4 heteroatoms. The smallest absolute Gasteiger partial charge is 0.231 e. The fourth-order valence-electron chi connectivity index (χ4n) is 2.69. The van der Waals surface area contributed by atoms with Crippen LogP contribution in [0.2, 0.25) is 0 Å². The zero-order valence-corrected chi connectivity index (χ0v) is 12.6. The average Bonchev–Trinajstić information content (AvgIpc) is 3.25. The van der Waals surface area contributed by atoms with Gasteiger partial charge in [-0.25, -0.2) is 0 Å². The Balaban J connectivity index is 1.39. The van der Waals surface area contributed by atoms with Crippen molar-refractivity contribution in [2.75, 3.05) is 6.79 Å². The molecule has 116 valence electrons. The van der Waals surface area contributed by atoms with Crippen LogP contribution in [-0.4, -0.2) is 6.79 Å². The molecule has 4 rings (SSSR count). The van der Waals surface area contributed by atoms with Crippen molar-refractivity contribution in [1.29, 1.82) is 0 Å². The van der Waals surface area contributed by atoms with E-state index in [2.05, 4.69) is 11.4 Å². The van der Waals surface area contributed by atoms with Crippen LogP contribution >= 0.6 is 0 Å². The first-order valence-electron chi connectivity index (χ1n) is 7.61. The third kappa shape index (κ3) is 2.94. The van der Waals surface area contributed by atoms with Crippen LogP contribution in [0.5, 0.6) is 11.5 Å². The molecule has 23 heavy (non-hydrogen) atoms. The maximum absolute atomic E-state index is 5.64. The minimum atomic E-state index is 0.300. The van der Waals surface area contributed by atoms with Gasteiger partial charge in [-0.2, -0.15) is 0 Å². The molecule has 0 aliphatic carbocycles. The van der Waals surface area contributed by atoms with Crippen LogP contribution in [0, 0.1) is 0 Å². The van der Waals surface area contributed by atoms with E-state index < -0.39 is 0 Å². The SMILES string of the molecule is c1ccc(-c2cc(CNCc3cccc4c3OCO4)co2)cc1. The molecule has 1 aliphatic rings. The highest BCUT2D eigenvalue weighted by Gasteiger charge is 2.16. The van der Waals surface area contributed by atoms with Crippen LogP contribution in [-0.2, 0) is 13.1 Å². The van der Waals surface area contributed by atoms with Crippen LogP contribution in [0.4, 0.5) is 0 Å². The van der Waals surface area contributed by atoms with Gasteiger partial charge in [0.2, 0.25) is 6.79 Å². The number of fused-ring (bicyclic) bond motifs is 1. The number of ether oxygens (including phenoxy) is 2. The van der Waals surface area contributed by atoms with Gasteiger partial charge in [0.15, 0.2) is 11.5 Å². The van der Waals surface area contributed by atoms with Gasteiger partial charge in [-0.1, -0.05) is 42.5 Å². The van der Waals surface area contributed by atoms with Crippen molar-refractivity contribution in [2.45, 2.75) is 13.1 Å². The zero-order chi connectivity index (χ0) is 15.5. The van der Waals surface area contributed by atoms with Gasteiger partial charge in [-0.05, 0) is 12.1 Å². The molecule has 4 nitrogen and oxygen atoms in total. The van der Waals surface area contributed by atoms with Crippen LogP contribution in [0.25, 0.3) is 11.3 Å². The Kier molecular flexibility index (Phi) is 3.74. The molecular weight excluding hydrogens is 290 g/mol. The normalized spacial score (nSPS) is 12.5. The van der Waals surface area contributed by atoms with Crippen molar-refractivity contribution >= 4 is 0 Å². The van der Waals surface area contributed by atoms with Gasteiger partial charge in [0.05, 0.1) is 6.26 Å². The fraction of sp³-hybridized carbons (Fsp3) is 0.158. The van der Waals surface area contributed by atoms with Crippen molar-refractivity contribution in [1.82, 2.24) is 5.32 Å². The van der Waals surface area contributed by atoms with E-state index in [1.807, 2.05) is 48.5 Å². The van der Waals surface area contributed by atoms with Crippen LogP contribution in [0.3, 0.4) is 0 Å². The van der Waals surface area contributed by atoms with Crippen molar-refractivity contribution < 1.29 is 13.9 Å². The maximum Gasteiger partial charge on any atom is 0.231 e. The Bertz CT molecular complexity index is 795. The summed E-state index contributed by atoms with van der Waals surface area (Å²) >= 11 is 0. The molecule has 3 aromatic rings. The summed E-state index contributed by atoms with van der Waals surface area (Å²) < 4.78 is 16.5. The van der Waals surface area contributed by atoms with Crippen molar-refractivity contribution in [2.24, 2.45) is 0 Å². The van der Waals surface area contributed by atoms with Gasteiger partial charge >= 0.3 is 0 Å². The van der Waals surface area contributed by atoms with E-state index in [0.29, 0.717) is 6.79 Å². The number of para-hydroxylation sites is 1. The third-order valence-corrected chi connectivity index (χ3v) is 3.83. The molecule has 0 fully saturated rings. The predicted molar refractivity (Wildman–Crippen MR) is 87.3 cm³/mol. The number of hydrogen-bond acceptors (Lipinski definition) is 4. The fourth-order valence-corrected chi connectivity index (χ4v) is 2.69. The van der Waals surface area contributed by atoms with E-state index >= 15 is 0 Å². The molecule has 0 saturated carbocycles. The lowest BCUT2D eigenvalue weighted by Gasteiger charge is -2.06. The topological polar surface area (TPSA) is 43.6 Å². The molecule has 0 atom stereocenters. The summed E-state index contributed by atoms with van der Waals surface area (Å²) in [7, 11) is 0. The Hall–Kier alpha value is -2.72. The molecule has 1 aromatic heterocycles. The Morgan fingerprint density at radius 1 is 0.913 bits per heavy atom. The minimum absolute atomic E-state index is 0.300. The summed E-state index contributed by atoms with van der Waals surface area (Å²) in [5.74, 6) is 2.55. The first-order chi connectivity index (χ1) is 11.4. The van der Waals surface area contributed by atoms with E-state index in [1.165, 1.54) is 0 Å². The molecule has 2 aromatic carbocycles. The number of furan rings is 1. The van der Waals surface area contributed by atoms with Crippen molar-refractivity contribution in [3.63, 3.8) is 0 Å². The monoisotopic (exact) mass is 307 g/mol. The van der Waals surface area contributed by atoms with Gasteiger partial charge in [-0.3, -0.25) is 0 Å². The molecule has 0 unspecified atom stereocenters. The standard InChI is InChI=1S/C19H17NO3/c1-2-5-15(6-3-1)18-9-14(12-21-18)10-20-11-16-7-4-8-17-19(16)23-13-22-17/h1-9,12,20H,10-11,13H2. The second-order valence-corrected chi connectivity index (χ2v) is 5.44. The van der Waals surface area contributed by atoms with Crippen molar-refractivity contribution in [3.05, 3.63) is 72.0 Å². The highest BCUT2D eigenvalue weighted by atomic mass is 16.7. The molecule has 0 amide bonds. The largest absolute Gasteiger partial charge is 0.464 e.